The first kappa shape index (κ1) is 23.2. The van der Waals surface area contributed by atoms with Gasteiger partial charge in [-0.2, -0.15) is 10.5 Å². The fourth-order valence-corrected chi connectivity index (χ4v) is 5.24. The molecule has 0 saturated carbocycles. The SMILES string of the molecule is CC(C)CN1C(=O)c2ccccc2[C@H](C(=O)Nc2ccc(F)c(C#N)c2)[C@H]1c1cc(C#N)cs1. The molecule has 3 aromatic rings. The molecule has 1 aliphatic heterocycles. The van der Waals surface area contributed by atoms with Crippen LogP contribution >= 0.6 is 11.3 Å². The average Bonchev–Trinajstić information content (AvgIpc) is 3.30. The zero-order valence-corrected chi connectivity index (χ0v) is 19.4. The number of benzene rings is 2. The lowest BCUT2D eigenvalue weighted by Crippen LogP contribution is -2.47. The number of anilines is 1. The van der Waals surface area contributed by atoms with Gasteiger partial charge in [-0.05, 0) is 41.8 Å². The third kappa shape index (κ3) is 4.28. The van der Waals surface area contributed by atoms with E-state index in [9.17, 15) is 19.2 Å². The number of hydrogen-bond donors (Lipinski definition) is 1. The quantitative estimate of drug-likeness (QED) is 0.551. The van der Waals surface area contributed by atoms with Gasteiger partial charge in [0.15, 0.2) is 0 Å². The highest BCUT2D eigenvalue weighted by Crippen LogP contribution is 2.45. The molecule has 0 bridgehead atoms. The van der Waals surface area contributed by atoms with Crippen molar-refractivity contribution in [3.8, 4) is 12.1 Å². The van der Waals surface area contributed by atoms with Crippen molar-refractivity contribution in [3.63, 3.8) is 0 Å². The fraction of sp³-hybridized carbons (Fsp3) is 0.231. The number of nitrogens with one attached hydrogen (secondary N) is 1. The van der Waals surface area contributed by atoms with Crippen LogP contribution in [-0.4, -0.2) is 23.3 Å². The number of rotatable bonds is 5. The number of carbonyl (C=O) groups is 2. The molecule has 0 saturated heterocycles. The Labute approximate surface area is 200 Å². The molecule has 0 aliphatic carbocycles. The number of carbonyl (C=O) groups excluding carboxylic acids is 2. The van der Waals surface area contributed by atoms with Crippen LogP contribution in [-0.2, 0) is 4.79 Å². The highest BCUT2D eigenvalue weighted by Gasteiger charge is 2.44. The van der Waals surface area contributed by atoms with E-state index < -0.39 is 17.8 Å². The molecule has 1 aliphatic rings. The molecule has 2 atom stereocenters. The topological polar surface area (TPSA) is 97.0 Å². The van der Waals surface area contributed by atoms with Crippen molar-refractivity contribution >= 4 is 28.8 Å². The molecule has 170 valence electrons. The van der Waals surface area contributed by atoms with E-state index in [0.717, 1.165) is 10.9 Å². The van der Waals surface area contributed by atoms with E-state index in [1.807, 2.05) is 13.8 Å². The fourth-order valence-electron chi connectivity index (χ4n) is 4.26. The van der Waals surface area contributed by atoms with Crippen LogP contribution in [0.4, 0.5) is 10.1 Å². The van der Waals surface area contributed by atoms with Crippen LogP contribution in [0.2, 0.25) is 0 Å². The maximum Gasteiger partial charge on any atom is 0.254 e. The van der Waals surface area contributed by atoms with Gasteiger partial charge in [-0.3, -0.25) is 9.59 Å². The molecule has 2 amide bonds. The van der Waals surface area contributed by atoms with Gasteiger partial charge < -0.3 is 10.2 Å². The molecule has 8 heteroatoms. The van der Waals surface area contributed by atoms with Gasteiger partial charge in [-0.25, -0.2) is 4.39 Å². The lowest BCUT2D eigenvalue weighted by molar-refractivity contribution is -0.119. The molecule has 0 radical (unpaired) electrons. The highest BCUT2D eigenvalue weighted by molar-refractivity contribution is 7.10. The molecule has 2 heterocycles. The van der Waals surface area contributed by atoms with Gasteiger partial charge in [-0.1, -0.05) is 32.0 Å². The van der Waals surface area contributed by atoms with Crippen LogP contribution in [0.15, 0.2) is 53.9 Å². The van der Waals surface area contributed by atoms with E-state index in [0.29, 0.717) is 23.2 Å². The summed E-state index contributed by atoms with van der Waals surface area (Å²) in [5.41, 5.74) is 1.62. The van der Waals surface area contributed by atoms with Crippen molar-refractivity contribution in [1.82, 2.24) is 4.90 Å². The first-order valence-electron chi connectivity index (χ1n) is 10.7. The molecule has 34 heavy (non-hydrogen) atoms. The summed E-state index contributed by atoms with van der Waals surface area (Å²) in [4.78, 5) is 29.7. The van der Waals surface area contributed by atoms with Gasteiger partial charge >= 0.3 is 0 Å². The Morgan fingerprint density at radius 3 is 2.62 bits per heavy atom. The predicted octanol–water partition coefficient (Wildman–Crippen LogP) is 5.21. The molecule has 1 N–H and O–H groups in total. The van der Waals surface area contributed by atoms with Crippen molar-refractivity contribution in [1.29, 1.82) is 10.5 Å². The number of thiophene rings is 1. The van der Waals surface area contributed by atoms with E-state index in [1.165, 1.54) is 23.5 Å². The summed E-state index contributed by atoms with van der Waals surface area (Å²) >= 11 is 1.33. The molecule has 1 aromatic heterocycles. The number of nitrogens with zero attached hydrogens (tertiary/aromatic N) is 3. The molecule has 0 fully saturated rings. The zero-order valence-electron chi connectivity index (χ0n) is 18.6. The van der Waals surface area contributed by atoms with Crippen molar-refractivity contribution < 1.29 is 14.0 Å². The number of hydrogen-bond acceptors (Lipinski definition) is 5. The normalized spacial score (nSPS) is 17.1. The molecule has 6 nitrogen and oxygen atoms in total. The van der Waals surface area contributed by atoms with Crippen LogP contribution in [0.3, 0.4) is 0 Å². The van der Waals surface area contributed by atoms with Crippen LogP contribution < -0.4 is 5.32 Å². The molecular weight excluding hydrogens is 451 g/mol. The number of amides is 2. The Balaban J connectivity index is 1.84. The van der Waals surface area contributed by atoms with Crippen molar-refractivity contribution in [3.05, 3.63) is 86.9 Å². The minimum Gasteiger partial charge on any atom is -0.329 e. The maximum atomic E-state index is 13.8. The largest absolute Gasteiger partial charge is 0.329 e. The third-order valence-corrected chi connectivity index (χ3v) is 6.68. The summed E-state index contributed by atoms with van der Waals surface area (Å²) < 4.78 is 13.8. The Morgan fingerprint density at radius 2 is 1.94 bits per heavy atom. The van der Waals surface area contributed by atoms with Gasteiger partial charge in [0.2, 0.25) is 5.91 Å². The number of nitriles is 2. The van der Waals surface area contributed by atoms with Crippen LogP contribution in [0.1, 0.15) is 57.7 Å². The second kappa shape index (κ2) is 9.46. The molecule has 0 spiro atoms. The molecule has 2 aromatic carbocycles. The standard InChI is InChI=1S/C26H21FN4O2S/c1-15(2)13-31-24(22-9-16(11-28)14-34-22)23(19-5-3-4-6-20(19)26(31)33)25(32)30-18-7-8-21(27)17(10-18)12-29/h3-10,14-15,23-24H,13H2,1-2H3,(H,30,32)/t23-,24+/m0/s1. The second-order valence-corrected chi connectivity index (χ2v) is 9.45. The Bertz CT molecular complexity index is 1350. The Hall–Kier alpha value is -4.01. The third-order valence-electron chi connectivity index (χ3n) is 5.68. The van der Waals surface area contributed by atoms with Crippen molar-refractivity contribution in [2.75, 3.05) is 11.9 Å². The Kier molecular flexibility index (Phi) is 6.45. The van der Waals surface area contributed by atoms with E-state index >= 15 is 0 Å². The zero-order chi connectivity index (χ0) is 24.4. The summed E-state index contributed by atoms with van der Waals surface area (Å²) in [6, 6.07) is 15.8. The maximum absolute atomic E-state index is 13.8. The minimum atomic E-state index is -0.770. The van der Waals surface area contributed by atoms with E-state index in [4.69, 9.17) is 5.26 Å². The van der Waals surface area contributed by atoms with Gasteiger partial charge in [0.05, 0.1) is 23.1 Å². The Morgan fingerprint density at radius 1 is 1.18 bits per heavy atom. The lowest BCUT2D eigenvalue weighted by atomic mass is 9.81. The van der Waals surface area contributed by atoms with Crippen LogP contribution in [0.5, 0.6) is 0 Å². The monoisotopic (exact) mass is 472 g/mol. The smallest absolute Gasteiger partial charge is 0.254 e. The summed E-state index contributed by atoms with van der Waals surface area (Å²) in [6.07, 6.45) is 0. The van der Waals surface area contributed by atoms with Crippen molar-refractivity contribution in [2.24, 2.45) is 5.92 Å². The molecular formula is C26H21FN4O2S. The summed E-state index contributed by atoms with van der Waals surface area (Å²) in [7, 11) is 0. The first-order valence-corrected chi connectivity index (χ1v) is 11.6. The second-order valence-electron chi connectivity index (χ2n) is 8.51. The predicted molar refractivity (Wildman–Crippen MR) is 127 cm³/mol. The summed E-state index contributed by atoms with van der Waals surface area (Å²) in [5.74, 6) is -1.85. The van der Waals surface area contributed by atoms with Gasteiger partial charge in [0, 0.05) is 28.1 Å². The average molecular weight is 473 g/mol. The van der Waals surface area contributed by atoms with Crippen LogP contribution in [0.25, 0.3) is 0 Å². The van der Waals surface area contributed by atoms with Crippen molar-refractivity contribution in [2.45, 2.75) is 25.8 Å². The number of halogens is 1. The van der Waals surface area contributed by atoms with E-state index in [2.05, 4.69) is 11.4 Å². The van der Waals surface area contributed by atoms with E-state index in [1.54, 1.807) is 46.7 Å². The van der Waals surface area contributed by atoms with Gasteiger partial charge in [0.1, 0.15) is 18.0 Å². The molecule has 4 rings (SSSR count). The summed E-state index contributed by atoms with van der Waals surface area (Å²) in [5, 5.41) is 23.0. The minimum absolute atomic E-state index is 0.145. The lowest BCUT2D eigenvalue weighted by Gasteiger charge is -2.42. The highest BCUT2D eigenvalue weighted by atomic mass is 32.1. The summed E-state index contributed by atoms with van der Waals surface area (Å²) in [6.45, 7) is 4.42. The first-order chi connectivity index (χ1) is 16.3. The molecule has 0 unspecified atom stereocenters. The van der Waals surface area contributed by atoms with Gasteiger partial charge in [0.25, 0.3) is 5.91 Å². The van der Waals surface area contributed by atoms with Gasteiger partial charge in [-0.15, -0.1) is 11.3 Å². The van der Waals surface area contributed by atoms with Crippen LogP contribution in [0, 0.1) is 34.4 Å². The van der Waals surface area contributed by atoms with E-state index in [-0.39, 0.29) is 29.0 Å². The number of fused-ring (bicyclic) bond motifs is 1.